The van der Waals surface area contributed by atoms with Gasteiger partial charge in [0.15, 0.2) is 0 Å². The second-order valence-electron chi connectivity index (χ2n) is 3.81. The van der Waals surface area contributed by atoms with E-state index in [1.54, 1.807) is 0 Å². The van der Waals surface area contributed by atoms with Crippen molar-refractivity contribution in [2.45, 2.75) is 32.6 Å². The highest BCUT2D eigenvalue weighted by atomic mass is 35.5. The summed E-state index contributed by atoms with van der Waals surface area (Å²) in [5.74, 6) is 0.883. The minimum Gasteiger partial charge on any atom is -0.493 e. The minimum absolute atomic E-state index is 0.592. The van der Waals surface area contributed by atoms with Gasteiger partial charge in [-0.1, -0.05) is 37.4 Å². The summed E-state index contributed by atoms with van der Waals surface area (Å²) in [4.78, 5) is 0. The molecule has 0 aliphatic heterocycles. The molecule has 0 aliphatic rings. The van der Waals surface area contributed by atoms with Crippen LogP contribution in [0.15, 0.2) is 18.2 Å². The minimum atomic E-state index is 0.592. The van der Waals surface area contributed by atoms with Crippen LogP contribution in [0.5, 0.6) is 5.75 Å². The second-order valence-corrected chi connectivity index (χ2v) is 4.22. The lowest BCUT2D eigenvalue weighted by Gasteiger charge is -2.12. The molecular formula is C13H20ClNO. The Kier molecular flexibility index (Phi) is 6.27. The quantitative estimate of drug-likeness (QED) is 0.743. The topological polar surface area (TPSA) is 35.2 Å². The van der Waals surface area contributed by atoms with Crippen LogP contribution in [0.25, 0.3) is 0 Å². The molecule has 2 nitrogen and oxygen atoms in total. The fraction of sp³-hybridized carbons (Fsp3) is 0.538. The molecule has 0 spiro atoms. The number of hydrogen-bond acceptors (Lipinski definition) is 2. The van der Waals surface area contributed by atoms with Crippen LogP contribution in [0, 0.1) is 0 Å². The van der Waals surface area contributed by atoms with Gasteiger partial charge in [0.25, 0.3) is 0 Å². The molecule has 1 rings (SSSR count). The van der Waals surface area contributed by atoms with E-state index in [1.165, 1.54) is 12.8 Å². The van der Waals surface area contributed by atoms with E-state index in [9.17, 15) is 0 Å². The zero-order valence-corrected chi connectivity index (χ0v) is 10.6. The molecule has 0 heterocycles. The van der Waals surface area contributed by atoms with Crippen molar-refractivity contribution in [3.8, 4) is 5.75 Å². The summed E-state index contributed by atoms with van der Waals surface area (Å²) in [5.41, 5.74) is 6.59. The number of ether oxygens (including phenoxy) is 1. The maximum absolute atomic E-state index is 6.11. The van der Waals surface area contributed by atoms with Crippen molar-refractivity contribution < 1.29 is 4.74 Å². The van der Waals surface area contributed by atoms with Crippen molar-refractivity contribution in [2.24, 2.45) is 5.73 Å². The van der Waals surface area contributed by atoms with Crippen LogP contribution in [0.1, 0.15) is 31.7 Å². The fourth-order valence-electron chi connectivity index (χ4n) is 1.60. The number of hydrogen-bond donors (Lipinski definition) is 1. The number of unbranched alkanes of at least 4 members (excludes halogenated alkanes) is 2. The van der Waals surface area contributed by atoms with Crippen LogP contribution in [-0.4, -0.2) is 13.2 Å². The summed E-state index contributed by atoms with van der Waals surface area (Å²) in [6.07, 6.45) is 4.26. The molecule has 0 aliphatic carbocycles. The zero-order chi connectivity index (χ0) is 11.8. The lowest BCUT2D eigenvalue weighted by atomic mass is 10.1. The van der Waals surface area contributed by atoms with Gasteiger partial charge in [0.2, 0.25) is 0 Å². The first-order valence-electron chi connectivity index (χ1n) is 5.89. The third kappa shape index (κ3) is 4.03. The molecule has 3 heteroatoms. The standard InChI is InChI=1S/C13H20ClNO/c1-2-3-4-10-16-13-7-5-6-12(14)11(13)8-9-15/h5-7H,2-4,8-10,15H2,1H3. The smallest absolute Gasteiger partial charge is 0.124 e. The van der Waals surface area contributed by atoms with Gasteiger partial charge in [0.05, 0.1) is 6.61 Å². The number of rotatable bonds is 7. The van der Waals surface area contributed by atoms with E-state index < -0.39 is 0 Å². The lowest BCUT2D eigenvalue weighted by molar-refractivity contribution is 0.303. The third-order valence-corrected chi connectivity index (χ3v) is 2.83. The van der Waals surface area contributed by atoms with Crippen LogP contribution in [0.4, 0.5) is 0 Å². The van der Waals surface area contributed by atoms with Crippen LogP contribution >= 0.6 is 11.6 Å². The zero-order valence-electron chi connectivity index (χ0n) is 9.84. The SMILES string of the molecule is CCCCCOc1cccc(Cl)c1CCN. The average Bonchev–Trinajstić information content (AvgIpc) is 2.29. The van der Waals surface area contributed by atoms with Gasteiger partial charge in [0.1, 0.15) is 5.75 Å². The maximum Gasteiger partial charge on any atom is 0.124 e. The predicted molar refractivity (Wildman–Crippen MR) is 69.2 cm³/mol. The Labute approximate surface area is 103 Å². The van der Waals surface area contributed by atoms with Gasteiger partial charge in [-0.05, 0) is 31.5 Å². The van der Waals surface area contributed by atoms with E-state index in [1.807, 2.05) is 18.2 Å². The average molecular weight is 242 g/mol. The van der Waals surface area contributed by atoms with Crippen molar-refractivity contribution >= 4 is 11.6 Å². The number of nitrogens with two attached hydrogens (primary N) is 1. The van der Waals surface area contributed by atoms with Gasteiger partial charge in [-0.2, -0.15) is 0 Å². The number of benzene rings is 1. The summed E-state index contributed by atoms with van der Waals surface area (Å²) in [6, 6.07) is 5.76. The molecule has 90 valence electrons. The molecule has 0 saturated carbocycles. The molecule has 0 amide bonds. The van der Waals surface area contributed by atoms with Gasteiger partial charge >= 0.3 is 0 Å². The van der Waals surface area contributed by atoms with E-state index in [0.717, 1.165) is 35.8 Å². The van der Waals surface area contributed by atoms with E-state index >= 15 is 0 Å². The lowest BCUT2D eigenvalue weighted by Crippen LogP contribution is -2.06. The molecule has 0 aromatic heterocycles. The monoisotopic (exact) mass is 241 g/mol. The van der Waals surface area contributed by atoms with Gasteiger partial charge in [-0.3, -0.25) is 0 Å². The van der Waals surface area contributed by atoms with Crippen molar-refractivity contribution in [3.63, 3.8) is 0 Å². The Morgan fingerprint density at radius 3 is 2.81 bits per heavy atom. The molecule has 0 atom stereocenters. The van der Waals surface area contributed by atoms with Gasteiger partial charge in [-0.25, -0.2) is 0 Å². The Hall–Kier alpha value is -0.730. The van der Waals surface area contributed by atoms with E-state index in [-0.39, 0.29) is 0 Å². The fourth-order valence-corrected chi connectivity index (χ4v) is 1.86. The highest BCUT2D eigenvalue weighted by Crippen LogP contribution is 2.26. The largest absolute Gasteiger partial charge is 0.493 e. The summed E-state index contributed by atoms with van der Waals surface area (Å²) in [7, 11) is 0. The van der Waals surface area contributed by atoms with Crippen molar-refractivity contribution in [3.05, 3.63) is 28.8 Å². The Balaban J connectivity index is 2.59. The van der Waals surface area contributed by atoms with E-state index in [0.29, 0.717) is 6.54 Å². The number of halogens is 1. The molecule has 0 fully saturated rings. The van der Waals surface area contributed by atoms with Crippen LogP contribution < -0.4 is 10.5 Å². The molecule has 0 saturated heterocycles. The summed E-state index contributed by atoms with van der Waals surface area (Å²) >= 11 is 6.11. The maximum atomic E-state index is 6.11. The molecule has 0 unspecified atom stereocenters. The Bertz CT molecular complexity index is 315. The summed E-state index contributed by atoms with van der Waals surface area (Å²) in [5, 5.41) is 0.749. The Morgan fingerprint density at radius 2 is 2.12 bits per heavy atom. The normalized spacial score (nSPS) is 10.4. The molecular weight excluding hydrogens is 222 g/mol. The summed E-state index contributed by atoms with van der Waals surface area (Å²) < 4.78 is 5.73. The molecule has 0 radical (unpaired) electrons. The molecule has 1 aromatic carbocycles. The molecule has 0 bridgehead atoms. The first kappa shape index (κ1) is 13.3. The van der Waals surface area contributed by atoms with E-state index in [2.05, 4.69) is 6.92 Å². The molecule has 2 N–H and O–H groups in total. The van der Waals surface area contributed by atoms with Crippen molar-refractivity contribution in [1.82, 2.24) is 0 Å². The van der Waals surface area contributed by atoms with Crippen LogP contribution in [0.3, 0.4) is 0 Å². The molecule has 1 aromatic rings. The Morgan fingerprint density at radius 1 is 1.31 bits per heavy atom. The van der Waals surface area contributed by atoms with Crippen LogP contribution in [-0.2, 0) is 6.42 Å². The summed E-state index contributed by atoms with van der Waals surface area (Å²) in [6.45, 7) is 3.53. The highest BCUT2D eigenvalue weighted by molar-refractivity contribution is 6.31. The highest BCUT2D eigenvalue weighted by Gasteiger charge is 2.06. The van der Waals surface area contributed by atoms with Crippen molar-refractivity contribution in [2.75, 3.05) is 13.2 Å². The first-order chi connectivity index (χ1) is 7.79. The van der Waals surface area contributed by atoms with Gasteiger partial charge < -0.3 is 10.5 Å². The van der Waals surface area contributed by atoms with Crippen molar-refractivity contribution in [1.29, 1.82) is 0 Å². The predicted octanol–water partition coefficient (Wildman–Crippen LogP) is 3.41. The molecule has 16 heavy (non-hydrogen) atoms. The third-order valence-electron chi connectivity index (χ3n) is 2.48. The van der Waals surface area contributed by atoms with Crippen LogP contribution in [0.2, 0.25) is 5.02 Å². The first-order valence-corrected chi connectivity index (χ1v) is 6.27. The van der Waals surface area contributed by atoms with Gasteiger partial charge in [-0.15, -0.1) is 0 Å². The van der Waals surface area contributed by atoms with E-state index in [4.69, 9.17) is 22.1 Å². The second kappa shape index (κ2) is 7.53. The van der Waals surface area contributed by atoms with Gasteiger partial charge in [0, 0.05) is 10.6 Å².